The minimum Gasteiger partial charge on any atom is -0.356 e. The SMILES string of the molecule is Cc1nc2n(c(=O)c1C)C(CC(=O)Nc1cc(N3CCCCC3)ncn1)CS2. The highest BCUT2D eigenvalue weighted by Crippen LogP contribution is 2.32. The first kappa shape index (κ1) is 18.9. The van der Waals surface area contributed by atoms with Gasteiger partial charge in [-0.05, 0) is 33.1 Å². The number of carbonyl (C=O) groups excluding carboxylic acids is 1. The van der Waals surface area contributed by atoms with Crippen LogP contribution in [0.5, 0.6) is 0 Å². The van der Waals surface area contributed by atoms with Gasteiger partial charge in [-0.25, -0.2) is 15.0 Å². The molecule has 0 bridgehead atoms. The fraction of sp³-hybridized carbons (Fsp3) is 0.526. The van der Waals surface area contributed by atoms with Crippen molar-refractivity contribution in [2.24, 2.45) is 0 Å². The Morgan fingerprint density at radius 2 is 2.04 bits per heavy atom. The van der Waals surface area contributed by atoms with Gasteiger partial charge in [0.1, 0.15) is 18.0 Å². The van der Waals surface area contributed by atoms with Crippen LogP contribution in [0.2, 0.25) is 0 Å². The number of thioether (sulfide) groups is 1. The van der Waals surface area contributed by atoms with Crippen LogP contribution < -0.4 is 15.8 Å². The second kappa shape index (κ2) is 7.90. The third-order valence-electron chi connectivity index (χ3n) is 5.34. The summed E-state index contributed by atoms with van der Waals surface area (Å²) in [5, 5.41) is 3.56. The minimum atomic E-state index is -0.192. The molecule has 0 aromatic carbocycles. The van der Waals surface area contributed by atoms with Gasteiger partial charge in [-0.2, -0.15) is 0 Å². The molecule has 0 aliphatic carbocycles. The Morgan fingerprint density at radius 1 is 1.25 bits per heavy atom. The number of nitrogens with zero attached hydrogens (tertiary/aromatic N) is 5. The topological polar surface area (TPSA) is 93.0 Å². The number of carbonyl (C=O) groups is 1. The molecule has 2 aromatic heterocycles. The summed E-state index contributed by atoms with van der Waals surface area (Å²) in [5.41, 5.74) is 1.33. The van der Waals surface area contributed by atoms with Gasteiger partial charge in [0.05, 0.1) is 6.04 Å². The van der Waals surface area contributed by atoms with Gasteiger partial charge >= 0.3 is 0 Å². The van der Waals surface area contributed by atoms with Crippen molar-refractivity contribution in [3.63, 3.8) is 0 Å². The molecule has 9 heteroatoms. The molecule has 4 heterocycles. The lowest BCUT2D eigenvalue weighted by atomic mass is 10.1. The number of piperidine rings is 1. The highest BCUT2D eigenvalue weighted by Gasteiger charge is 2.28. The molecule has 1 atom stereocenters. The lowest BCUT2D eigenvalue weighted by molar-refractivity contribution is -0.116. The number of amides is 1. The molecule has 1 fully saturated rings. The average Bonchev–Trinajstić information content (AvgIpc) is 3.09. The fourth-order valence-electron chi connectivity index (χ4n) is 3.64. The maximum absolute atomic E-state index is 12.6. The van der Waals surface area contributed by atoms with Crippen LogP contribution in [0.3, 0.4) is 0 Å². The average molecular weight is 401 g/mol. The molecular weight excluding hydrogens is 376 g/mol. The van der Waals surface area contributed by atoms with Crippen molar-refractivity contribution in [3.8, 4) is 0 Å². The standard InChI is InChI=1S/C19H24N6O2S/c1-12-13(2)22-19-25(18(12)27)14(10-28-19)8-17(26)23-15-9-16(21-11-20-15)24-6-4-3-5-7-24/h9,11,14H,3-8,10H2,1-2H3,(H,20,21,23,26). The molecule has 2 aliphatic rings. The van der Waals surface area contributed by atoms with Crippen molar-refractivity contribution < 1.29 is 4.79 Å². The summed E-state index contributed by atoms with van der Waals surface area (Å²) in [7, 11) is 0. The van der Waals surface area contributed by atoms with E-state index in [1.54, 1.807) is 11.5 Å². The van der Waals surface area contributed by atoms with E-state index in [1.807, 2.05) is 13.0 Å². The van der Waals surface area contributed by atoms with Crippen molar-refractivity contribution in [1.82, 2.24) is 19.5 Å². The van der Waals surface area contributed by atoms with Gasteiger partial charge in [0.15, 0.2) is 5.16 Å². The van der Waals surface area contributed by atoms with Gasteiger partial charge < -0.3 is 10.2 Å². The molecule has 28 heavy (non-hydrogen) atoms. The molecule has 0 spiro atoms. The summed E-state index contributed by atoms with van der Waals surface area (Å²) in [4.78, 5) is 40.4. The van der Waals surface area contributed by atoms with E-state index in [4.69, 9.17) is 0 Å². The number of nitrogens with one attached hydrogen (secondary N) is 1. The third kappa shape index (κ3) is 3.76. The molecular formula is C19H24N6O2S. The van der Waals surface area contributed by atoms with Crippen LogP contribution >= 0.6 is 11.8 Å². The Labute approximate surface area is 167 Å². The van der Waals surface area contributed by atoms with Crippen LogP contribution in [0.1, 0.15) is 43.0 Å². The van der Waals surface area contributed by atoms with Crippen molar-refractivity contribution in [2.45, 2.75) is 50.7 Å². The molecule has 1 amide bonds. The summed E-state index contributed by atoms with van der Waals surface area (Å²) >= 11 is 1.52. The van der Waals surface area contributed by atoms with E-state index in [-0.39, 0.29) is 23.9 Å². The van der Waals surface area contributed by atoms with Crippen LogP contribution in [0.15, 0.2) is 22.3 Å². The van der Waals surface area contributed by atoms with E-state index in [9.17, 15) is 9.59 Å². The van der Waals surface area contributed by atoms with Gasteiger partial charge in [-0.1, -0.05) is 11.8 Å². The predicted octanol–water partition coefficient (Wildman–Crippen LogP) is 2.32. The van der Waals surface area contributed by atoms with E-state index in [0.29, 0.717) is 22.3 Å². The summed E-state index contributed by atoms with van der Waals surface area (Å²) < 4.78 is 1.66. The Balaban J connectivity index is 1.45. The van der Waals surface area contributed by atoms with E-state index < -0.39 is 0 Å². The first-order valence-electron chi connectivity index (χ1n) is 9.62. The van der Waals surface area contributed by atoms with Crippen LogP contribution in [0.4, 0.5) is 11.6 Å². The highest BCUT2D eigenvalue weighted by atomic mass is 32.2. The normalized spacial score (nSPS) is 18.8. The molecule has 8 nitrogen and oxygen atoms in total. The summed E-state index contributed by atoms with van der Waals surface area (Å²) in [6.45, 7) is 5.58. The van der Waals surface area contributed by atoms with Crippen LogP contribution in [0, 0.1) is 13.8 Å². The minimum absolute atomic E-state index is 0.0558. The van der Waals surface area contributed by atoms with Gasteiger partial charge in [-0.3, -0.25) is 14.2 Å². The molecule has 2 aromatic rings. The number of fused-ring (bicyclic) bond motifs is 1. The van der Waals surface area contributed by atoms with E-state index >= 15 is 0 Å². The molecule has 1 N–H and O–H groups in total. The third-order valence-corrected chi connectivity index (χ3v) is 6.44. The van der Waals surface area contributed by atoms with Gasteiger partial charge in [0.25, 0.3) is 5.56 Å². The molecule has 2 aliphatic heterocycles. The van der Waals surface area contributed by atoms with Crippen molar-refractivity contribution in [3.05, 3.63) is 34.0 Å². The monoisotopic (exact) mass is 400 g/mol. The van der Waals surface area contributed by atoms with Gasteiger partial charge in [-0.15, -0.1) is 0 Å². The second-order valence-electron chi connectivity index (χ2n) is 7.31. The number of rotatable bonds is 4. The maximum atomic E-state index is 12.6. The Kier molecular flexibility index (Phi) is 5.34. The molecule has 0 saturated carbocycles. The first-order valence-corrected chi connectivity index (χ1v) is 10.6. The van der Waals surface area contributed by atoms with Crippen LogP contribution in [0.25, 0.3) is 0 Å². The summed E-state index contributed by atoms with van der Waals surface area (Å²) in [6.07, 6.45) is 5.27. The van der Waals surface area contributed by atoms with E-state index in [0.717, 1.165) is 37.4 Å². The summed E-state index contributed by atoms with van der Waals surface area (Å²) in [6, 6.07) is 1.63. The molecule has 1 unspecified atom stereocenters. The van der Waals surface area contributed by atoms with Crippen LogP contribution in [-0.2, 0) is 4.79 Å². The zero-order valence-electron chi connectivity index (χ0n) is 16.1. The Hall–Kier alpha value is -2.42. The highest BCUT2D eigenvalue weighted by molar-refractivity contribution is 7.99. The quantitative estimate of drug-likeness (QED) is 0.787. The zero-order valence-corrected chi connectivity index (χ0v) is 17.0. The van der Waals surface area contributed by atoms with Gasteiger partial charge in [0, 0.05) is 42.6 Å². The zero-order chi connectivity index (χ0) is 19.7. The number of anilines is 2. The van der Waals surface area contributed by atoms with E-state index in [1.165, 1.54) is 24.5 Å². The van der Waals surface area contributed by atoms with Crippen molar-refractivity contribution >= 4 is 29.3 Å². The summed E-state index contributed by atoms with van der Waals surface area (Å²) in [5.74, 6) is 1.85. The maximum Gasteiger partial charge on any atom is 0.257 e. The lowest BCUT2D eigenvalue weighted by Crippen LogP contribution is -2.31. The predicted molar refractivity (Wildman–Crippen MR) is 109 cm³/mol. The largest absolute Gasteiger partial charge is 0.356 e. The smallest absolute Gasteiger partial charge is 0.257 e. The molecule has 4 rings (SSSR count). The number of aryl methyl sites for hydroxylation is 1. The lowest BCUT2D eigenvalue weighted by Gasteiger charge is -2.27. The number of hydrogen-bond donors (Lipinski definition) is 1. The van der Waals surface area contributed by atoms with E-state index in [2.05, 4.69) is 25.2 Å². The molecule has 148 valence electrons. The molecule has 0 radical (unpaired) electrons. The second-order valence-corrected chi connectivity index (χ2v) is 8.29. The van der Waals surface area contributed by atoms with Gasteiger partial charge in [0.2, 0.25) is 5.91 Å². The van der Waals surface area contributed by atoms with Crippen molar-refractivity contribution in [1.29, 1.82) is 0 Å². The Bertz CT molecular complexity index is 954. The molecule has 1 saturated heterocycles. The number of hydrogen-bond acceptors (Lipinski definition) is 7. The Morgan fingerprint density at radius 3 is 2.82 bits per heavy atom. The fourth-order valence-corrected chi connectivity index (χ4v) is 4.82. The van der Waals surface area contributed by atoms with Crippen molar-refractivity contribution in [2.75, 3.05) is 29.1 Å². The van der Waals surface area contributed by atoms with Crippen LogP contribution in [-0.4, -0.2) is 44.3 Å². The number of aromatic nitrogens is 4. The first-order chi connectivity index (χ1) is 13.5.